The van der Waals surface area contributed by atoms with E-state index in [2.05, 4.69) is 0 Å². The standard InChI is InChI=1S/C8H11NO3/c1-5(10)8-3-7(12)4-9(8)6(2)11/h8H,3-4H2,1-2H3. The highest BCUT2D eigenvalue weighted by molar-refractivity contribution is 5.98. The first-order chi connectivity index (χ1) is 5.52. The minimum absolute atomic E-state index is 0.0367. The second kappa shape index (κ2) is 3.05. The lowest BCUT2D eigenvalue weighted by atomic mass is 10.1. The van der Waals surface area contributed by atoms with Crippen molar-refractivity contribution in [2.24, 2.45) is 0 Å². The summed E-state index contributed by atoms with van der Waals surface area (Å²) in [7, 11) is 0. The highest BCUT2D eigenvalue weighted by Gasteiger charge is 2.34. The fraction of sp³-hybridized carbons (Fsp3) is 0.625. The van der Waals surface area contributed by atoms with Gasteiger partial charge in [-0.2, -0.15) is 0 Å². The molecule has 0 N–H and O–H groups in total. The Hall–Kier alpha value is -1.19. The van der Waals surface area contributed by atoms with Crippen molar-refractivity contribution in [3.63, 3.8) is 0 Å². The molecule has 1 saturated heterocycles. The fourth-order valence-corrected chi connectivity index (χ4v) is 1.38. The van der Waals surface area contributed by atoms with Gasteiger partial charge in [0.15, 0.2) is 11.6 Å². The summed E-state index contributed by atoms with van der Waals surface area (Å²) in [6.45, 7) is 2.87. The molecular weight excluding hydrogens is 158 g/mol. The van der Waals surface area contributed by atoms with Gasteiger partial charge in [-0.3, -0.25) is 14.4 Å². The monoisotopic (exact) mass is 169 g/mol. The molecule has 12 heavy (non-hydrogen) atoms. The number of ketones is 2. The van der Waals surface area contributed by atoms with E-state index >= 15 is 0 Å². The van der Waals surface area contributed by atoms with Crippen molar-refractivity contribution in [3.05, 3.63) is 0 Å². The molecule has 0 aromatic carbocycles. The number of hydrogen-bond donors (Lipinski definition) is 0. The Morgan fingerprint density at radius 2 is 2.00 bits per heavy atom. The third-order valence-electron chi connectivity index (χ3n) is 2.02. The van der Waals surface area contributed by atoms with Crippen LogP contribution in [0.3, 0.4) is 0 Å². The van der Waals surface area contributed by atoms with E-state index in [0.717, 1.165) is 0 Å². The summed E-state index contributed by atoms with van der Waals surface area (Å²) in [5.74, 6) is -0.359. The molecule has 0 aliphatic carbocycles. The molecule has 1 atom stereocenters. The maximum atomic E-state index is 11.0. The van der Waals surface area contributed by atoms with E-state index in [0.29, 0.717) is 0 Å². The lowest BCUT2D eigenvalue weighted by molar-refractivity contribution is -0.135. The molecule has 0 saturated carbocycles. The number of likely N-dealkylation sites (tertiary alicyclic amines) is 1. The Kier molecular flexibility index (Phi) is 2.26. The topological polar surface area (TPSA) is 54.5 Å². The van der Waals surface area contributed by atoms with Gasteiger partial charge < -0.3 is 4.90 Å². The smallest absolute Gasteiger partial charge is 0.220 e. The number of rotatable bonds is 1. The minimum atomic E-state index is -0.505. The summed E-state index contributed by atoms with van der Waals surface area (Å²) in [6.07, 6.45) is 0.189. The van der Waals surface area contributed by atoms with Gasteiger partial charge >= 0.3 is 0 Å². The predicted molar refractivity (Wildman–Crippen MR) is 41.5 cm³/mol. The van der Waals surface area contributed by atoms with Crippen LogP contribution in [0.4, 0.5) is 0 Å². The minimum Gasteiger partial charge on any atom is -0.325 e. The van der Waals surface area contributed by atoms with Gasteiger partial charge in [0.1, 0.15) is 0 Å². The number of carbonyl (C=O) groups is 3. The van der Waals surface area contributed by atoms with Crippen LogP contribution in [0.1, 0.15) is 20.3 Å². The van der Waals surface area contributed by atoms with Crippen molar-refractivity contribution in [2.75, 3.05) is 6.54 Å². The lowest BCUT2D eigenvalue weighted by Crippen LogP contribution is -2.38. The zero-order chi connectivity index (χ0) is 9.30. The Bertz CT molecular complexity index is 223. The fourth-order valence-electron chi connectivity index (χ4n) is 1.38. The molecule has 1 aliphatic heterocycles. The average Bonchev–Trinajstić information content (AvgIpc) is 2.31. The maximum absolute atomic E-state index is 11.0. The van der Waals surface area contributed by atoms with Crippen molar-refractivity contribution in [3.8, 4) is 0 Å². The molecule has 4 nitrogen and oxygen atoms in total. The third-order valence-corrected chi connectivity index (χ3v) is 2.02. The van der Waals surface area contributed by atoms with Crippen molar-refractivity contribution >= 4 is 17.5 Å². The number of Topliss-reactive ketones (excluding diaryl/α,β-unsaturated/α-hetero) is 2. The molecule has 1 unspecified atom stereocenters. The Labute approximate surface area is 70.5 Å². The van der Waals surface area contributed by atoms with Crippen LogP contribution >= 0.6 is 0 Å². The number of hydrogen-bond acceptors (Lipinski definition) is 3. The number of carbonyl (C=O) groups excluding carboxylic acids is 3. The van der Waals surface area contributed by atoms with Gasteiger partial charge in [0.25, 0.3) is 0 Å². The molecule has 1 fully saturated rings. The zero-order valence-corrected chi connectivity index (χ0v) is 7.16. The van der Waals surface area contributed by atoms with Crippen molar-refractivity contribution in [1.29, 1.82) is 0 Å². The second-order valence-electron chi connectivity index (χ2n) is 3.02. The molecule has 0 aromatic heterocycles. The van der Waals surface area contributed by atoms with Crippen LogP contribution in [0.25, 0.3) is 0 Å². The van der Waals surface area contributed by atoms with Gasteiger partial charge in [0.2, 0.25) is 5.91 Å². The molecule has 0 radical (unpaired) electrons. The van der Waals surface area contributed by atoms with Gasteiger partial charge in [0, 0.05) is 13.3 Å². The SMILES string of the molecule is CC(=O)C1CC(=O)CN1C(C)=O. The summed E-state index contributed by atoms with van der Waals surface area (Å²) >= 11 is 0. The number of nitrogens with zero attached hydrogens (tertiary/aromatic N) is 1. The molecule has 1 heterocycles. The van der Waals surface area contributed by atoms with Crippen LogP contribution in [0, 0.1) is 0 Å². The highest BCUT2D eigenvalue weighted by atomic mass is 16.2. The van der Waals surface area contributed by atoms with Gasteiger partial charge in [0.05, 0.1) is 12.6 Å². The highest BCUT2D eigenvalue weighted by Crippen LogP contribution is 2.14. The molecule has 1 aliphatic rings. The lowest BCUT2D eigenvalue weighted by Gasteiger charge is -2.19. The summed E-state index contributed by atoms with van der Waals surface area (Å²) in [5, 5.41) is 0. The molecule has 4 heteroatoms. The first-order valence-corrected chi connectivity index (χ1v) is 3.81. The summed E-state index contributed by atoms with van der Waals surface area (Å²) < 4.78 is 0. The molecule has 0 spiro atoms. The van der Waals surface area contributed by atoms with Crippen LogP contribution in [0.15, 0.2) is 0 Å². The van der Waals surface area contributed by atoms with E-state index in [1.807, 2.05) is 0 Å². The Morgan fingerprint density at radius 3 is 2.33 bits per heavy atom. The van der Waals surface area contributed by atoms with Crippen LogP contribution < -0.4 is 0 Å². The van der Waals surface area contributed by atoms with Gasteiger partial charge in [-0.05, 0) is 6.92 Å². The Balaban J connectivity index is 2.79. The first kappa shape index (κ1) is 8.90. The zero-order valence-electron chi connectivity index (χ0n) is 7.16. The van der Waals surface area contributed by atoms with Crippen molar-refractivity contribution < 1.29 is 14.4 Å². The molecule has 0 bridgehead atoms. The van der Waals surface area contributed by atoms with E-state index in [-0.39, 0.29) is 30.4 Å². The average molecular weight is 169 g/mol. The number of amides is 1. The van der Waals surface area contributed by atoms with E-state index in [1.54, 1.807) is 0 Å². The van der Waals surface area contributed by atoms with Crippen LogP contribution in [0.5, 0.6) is 0 Å². The second-order valence-corrected chi connectivity index (χ2v) is 3.02. The molecule has 1 amide bonds. The molecule has 0 aromatic rings. The van der Waals surface area contributed by atoms with Gasteiger partial charge in [-0.15, -0.1) is 0 Å². The summed E-state index contributed by atoms with van der Waals surface area (Å²) in [5.41, 5.74) is 0. The van der Waals surface area contributed by atoms with Crippen LogP contribution in [-0.4, -0.2) is 35.0 Å². The maximum Gasteiger partial charge on any atom is 0.220 e. The van der Waals surface area contributed by atoms with Gasteiger partial charge in [-0.25, -0.2) is 0 Å². The molecule has 66 valence electrons. The summed E-state index contributed by atoms with van der Waals surface area (Å²) in [6, 6.07) is -0.505. The quantitative estimate of drug-likeness (QED) is 0.544. The molecular formula is C8H11NO3. The molecule has 1 rings (SSSR count). The Morgan fingerprint density at radius 1 is 1.42 bits per heavy atom. The van der Waals surface area contributed by atoms with Crippen LogP contribution in [0.2, 0.25) is 0 Å². The van der Waals surface area contributed by atoms with Crippen molar-refractivity contribution in [2.45, 2.75) is 26.3 Å². The first-order valence-electron chi connectivity index (χ1n) is 3.81. The van der Waals surface area contributed by atoms with Crippen LogP contribution in [-0.2, 0) is 14.4 Å². The van der Waals surface area contributed by atoms with E-state index < -0.39 is 6.04 Å². The van der Waals surface area contributed by atoms with E-state index in [1.165, 1.54) is 18.7 Å². The van der Waals surface area contributed by atoms with Crippen molar-refractivity contribution in [1.82, 2.24) is 4.90 Å². The van der Waals surface area contributed by atoms with E-state index in [4.69, 9.17) is 0 Å². The third kappa shape index (κ3) is 1.52. The summed E-state index contributed by atoms with van der Waals surface area (Å²) in [4.78, 5) is 34.1. The predicted octanol–water partition coefficient (Wildman–Crippen LogP) is -0.235. The van der Waals surface area contributed by atoms with E-state index in [9.17, 15) is 14.4 Å². The largest absolute Gasteiger partial charge is 0.325 e. The van der Waals surface area contributed by atoms with Gasteiger partial charge in [-0.1, -0.05) is 0 Å². The normalized spacial score (nSPS) is 23.0.